The lowest BCUT2D eigenvalue weighted by Gasteiger charge is -2.20. The Labute approximate surface area is 157 Å². The Morgan fingerprint density at radius 3 is 2.48 bits per heavy atom. The number of nitrogens with one attached hydrogen (secondary N) is 3. The van der Waals surface area contributed by atoms with Gasteiger partial charge in [-0.3, -0.25) is 14.4 Å². The third-order valence-corrected chi connectivity index (χ3v) is 4.72. The molecule has 2 rings (SSSR count). The molecular weight excluding hydrogens is 349 g/mol. The molecule has 2 atom stereocenters. The van der Waals surface area contributed by atoms with Gasteiger partial charge in [-0.05, 0) is 51.5 Å². The molecule has 1 amide bonds. The number of H-pyrrole nitrogens is 1. The van der Waals surface area contributed by atoms with Gasteiger partial charge in [-0.2, -0.15) is 0 Å². The van der Waals surface area contributed by atoms with Gasteiger partial charge >= 0.3 is 0 Å². The van der Waals surface area contributed by atoms with E-state index < -0.39 is 11.9 Å². The number of rotatable bonds is 7. The summed E-state index contributed by atoms with van der Waals surface area (Å²) >= 11 is 0. The van der Waals surface area contributed by atoms with Crippen LogP contribution < -0.4 is 10.2 Å². The zero-order valence-electron chi connectivity index (χ0n) is 16.2. The average molecular weight is 374 g/mol. The zero-order chi connectivity index (χ0) is 20.3. The van der Waals surface area contributed by atoms with Crippen molar-refractivity contribution in [3.63, 3.8) is 0 Å². The number of aromatic amines is 1. The summed E-state index contributed by atoms with van der Waals surface area (Å²) in [5.74, 6) is -1.01. The number of likely N-dealkylation sites (N-methyl/N-ethyl adjacent to an activating group) is 1. The van der Waals surface area contributed by atoms with Gasteiger partial charge in [-0.15, -0.1) is 0 Å². The number of aryl methyl sites for hydroxylation is 1. The van der Waals surface area contributed by atoms with Gasteiger partial charge in [0.25, 0.3) is 5.91 Å². The first-order valence-corrected chi connectivity index (χ1v) is 8.73. The van der Waals surface area contributed by atoms with E-state index in [0.29, 0.717) is 33.1 Å². The highest BCUT2D eigenvalue weighted by Crippen LogP contribution is 2.19. The van der Waals surface area contributed by atoms with Crippen LogP contribution in [-0.2, 0) is 4.79 Å². The highest BCUT2D eigenvalue weighted by Gasteiger charge is 2.29. The van der Waals surface area contributed by atoms with E-state index in [2.05, 4.69) is 10.3 Å². The second-order valence-corrected chi connectivity index (χ2v) is 6.85. The minimum atomic E-state index is -0.500. The fourth-order valence-corrected chi connectivity index (χ4v) is 3.14. The number of benzene rings is 1. The van der Waals surface area contributed by atoms with Gasteiger partial charge in [0.05, 0.1) is 12.7 Å². The van der Waals surface area contributed by atoms with Crippen LogP contribution in [0.2, 0.25) is 0 Å². The molecular formula is C20H25FN3O3+. The van der Waals surface area contributed by atoms with Gasteiger partial charge in [-0.25, -0.2) is 4.39 Å². The predicted molar refractivity (Wildman–Crippen MR) is 101 cm³/mol. The molecule has 7 heteroatoms. The first-order chi connectivity index (χ1) is 12.6. The highest BCUT2D eigenvalue weighted by atomic mass is 19.1. The fraction of sp³-hybridized carbons (Fsp3) is 0.350. The van der Waals surface area contributed by atoms with Crippen LogP contribution in [0, 0.1) is 19.7 Å². The van der Waals surface area contributed by atoms with Gasteiger partial charge < -0.3 is 15.2 Å². The quantitative estimate of drug-likeness (QED) is 0.645. The third-order valence-electron chi connectivity index (χ3n) is 4.72. The molecule has 0 aliphatic rings. The molecule has 0 saturated carbocycles. The van der Waals surface area contributed by atoms with Crippen molar-refractivity contribution in [1.29, 1.82) is 0 Å². The molecule has 6 nitrogen and oxygen atoms in total. The minimum Gasteiger partial charge on any atom is -0.355 e. The van der Waals surface area contributed by atoms with Crippen molar-refractivity contribution in [3.05, 3.63) is 52.6 Å². The van der Waals surface area contributed by atoms with Gasteiger partial charge in [-0.1, -0.05) is 6.07 Å². The number of amides is 1. The molecule has 0 saturated heterocycles. The largest absolute Gasteiger partial charge is 0.355 e. The van der Waals surface area contributed by atoms with Gasteiger partial charge in [0.2, 0.25) is 5.78 Å². The van der Waals surface area contributed by atoms with Crippen LogP contribution >= 0.6 is 0 Å². The van der Waals surface area contributed by atoms with Crippen LogP contribution in [0.4, 0.5) is 10.1 Å². The molecule has 1 unspecified atom stereocenters. The van der Waals surface area contributed by atoms with E-state index in [9.17, 15) is 18.8 Å². The van der Waals surface area contributed by atoms with E-state index in [1.165, 1.54) is 25.1 Å². The van der Waals surface area contributed by atoms with Crippen LogP contribution in [-0.4, -0.2) is 42.1 Å². The number of hydrogen-bond donors (Lipinski definition) is 3. The molecule has 2 aromatic rings. The number of halogens is 1. The number of Topliss-reactive ketones (excluding diaryl/α,β-unsaturated/α-hetero) is 2. The Kier molecular flexibility index (Phi) is 6.28. The second-order valence-electron chi connectivity index (χ2n) is 6.85. The van der Waals surface area contributed by atoms with Crippen LogP contribution in [0.1, 0.15) is 46.0 Å². The molecule has 1 heterocycles. The summed E-state index contributed by atoms with van der Waals surface area (Å²) in [6.45, 7) is 6.74. The number of carbonyl (C=O) groups is 3. The molecule has 0 aliphatic heterocycles. The monoisotopic (exact) mass is 374 g/mol. The van der Waals surface area contributed by atoms with Crippen molar-refractivity contribution in [3.8, 4) is 0 Å². The molecule has 144 valence electrons. The maximum atomic E-state index is 13.2. The Morgan fingerprint density at radius 2 is 1.93 bits per heavy atom. The first-order valence-electron chi connectivity index (χ1n) is 8.73. The molecule has 0 radical (unpaired) electrons. The predicted octanol–water partition coefficient (Wildman–Crippen LogP) is 1.70. The summed E-state index contributed by atoms with van der Waals surface area (Å²) < 4.78 is 13.2. The summed E-state index contributed by atoms with van der Waals surface area (Å²) in [7, 11) is 1.74. The maximum absolute atomic E-state index is 13.2. The molecule has 0 bridgehead atoms. The van der Waals surface area contributed by atoms with Crippen LogP contribution in [0.5, 0.6) is 0 Å². The van der Waals surface area contributed by atoms with E-state index in [0.717, 1.165) is 0 Å². The molecule has 0 fully saturated rings. The SMILES string of the molecule is CC(=O)c1c(C)[nH]c(C(=O)[C@@H](C)[NH+](C)CC(=O)Nc2cccc(F)c2)c1C. The smallest absolute Gasteiger partial charge is 0.279 e. The first kappa shape index (κ1) is 20.5. The van der Waals surface area contributed by atoms with Gasteiger partial charge in [0.15, 0.2) is 18.4 Å². The third kappa shape index (κ3) is 4.68. The second kappa shape index (κ2) is 8.26. The highest BCUT2D eigenvalue weighted by molar-refractivity contribution is 6.04. The number of aromatic nitrogens is 1. The van der Waals surface area contributed by atoms with Crippen molar-refractivity contribution in [2.45, 2.75) is 33.7 Å². The Bertz CT molecular complexity index is 889. The molecule has 1 aromatic carbocycles. The Hall–Kier alpha value is -2.80. The van der Waals surface area contributed by atoms with Gasteiger partial charge in [0.1, 0.15) is 5.82 Å². The molecule has 0 spiro atoms. The lowest BCUT2D eigenvalue weighted by molar-refractivity contribution is -0.885. The summed E-state index contributed by atoms with van der Waals surface area (Å²) in [4.78, 5) is 40.5. The van der Waals surface area contributed by atoms with E-state index in [-0.39, 0.29) is 24.0 Å². The summed E-state index contributed by atoms with van der Waals surface area (Å²) in [5, 5.41) is 2.62. The zero-order valence-corrected chi connectivity index (χ0v) is 16.2. The van der Waals surface area contributed by atoms with E-state index in [1.807, 2.05) is 0 Å². The number of ketones is 2. The normalized spacial score (nSPS) is 13.1. The van der Waals surface area contributed by atoms with Crippen LogP contribution in [0.3, 0.4) is 0 Å². The summed E-state index contributed by atoms with van der Waals surface area (Å²) in [5.41, 5.74) is 2.60. The van der Waals surface area contributed by atoms with E-state index in [4.69, 9.17) is 0 Å². The van der Waals surface area contributed by atoms with Crippen molar-refractivity contribution in [2.75, 3.05) is 18.9 Å². The number of hydrogen-bond acceptors (Lipinski definition) is 3. The molecule has 3 N–H and O–H groups in total. The average Bonchev–Trinajstić information content (AvgIpc) is 2.87. The van der Waals surface area contributed by atoms with Gasteiger partial charge in [0, 0.05) is 16.9 Å². The molecule has 27 heavy (non-hydrogen) atoms. The number of carbonyl (C=O) groups excluding carboxylic acids is 3. The van der Waals surface area contributed by atoms with Crippen molar-refractivity contribution < 1.29 is 23.7 Å². The summed E-state index contributed by atoms with van der Waals surface area (Å²) in [6, 6.07) is 5.13. The van der Waals surface area contributed by atoms with Crippen LogP contribution in [0.25, 0.3) is 0 Å². The van der Waals surface area contributed by atoms with Crippen LogP contribution in [0.15, 0.2) is 24.3 Å². The number of quaternary nitrogens is 1. The standard InChI is InChI=1S/C20H24FN3O3/c1-11-18(14(4)25)12(2)22-19(11)20(27)13(3)24(5)10-17(26)23-16-8-6-7-15(21)9-16/h6-9,13,22H,10H2,1-5H3,(H,23,26)/p+1/t13-/m1/s1. The fourth-order valence-electron chi connectivity index (χ4n) is 3.14. The maximum Gasteiger partial charge on any atom is 0.279 e. The number of anilines is 1. The molecule has 1 aromatic heterocycles. The Balaban J connectivity index is 2.07. The van der Waals surface area contributed by atoms with Crippen molar-refractivity contribution in [2.24, 2.45) is 0 Å². The van der Waals surface area contributed by atoms with E-state index in [1.54, 1.807) is 33.9 Å². The summed E-state index contributed by atoms with van der Waals surface area (Å²) in [6.07, 6.45) is 0. The van der Waals surface area contributed by atoms with Crippen molar-refractivity contribution in [1.82, 2.24) is 4.98 Å². The van der Waals surface area contributed by atoms with Crippen molar-refractivity contribution >= 4 is 23.2 Å². The lowest BCUT2D eigenvalue weighted by Crippen LogP contribution is -3.14. The molecule has 0 aliphatic carbocycles. The Morgan fingerprint density at radius 1 is 1.26 bits per heavy atom. The minimum absolute atomic E-state index is 0.0434. The van der Waals surface area contributed by atoms with E-state index >= 15 is 0 Å². The topological polar surface area (TPSA) is 83.5 Å². The lowest BCUT2D eigenvalue weighted by atomic mass is 10.0.